The highest BCUT2D eigenvalue weighted by Gasteiger charge is 2.27. The molecule has 2 atom stereocenters. The van der Waals surface area contributed by atoms with E-state index in [2.05, 4.69) is 10.6 Å². The maximum absolute atomic E-state index is 13.0. The number of carbonyl (C=O) groups is 3. The van der Waals surface area contributed by atoms with Gasteiger partial charge in [-0.1, -0.05) is 50.6 Å². The number of hydrogen-bond acceptors (Lipinski definition) is 5. The minimum absolute atomic E-state index is 0.00717. The molecule has 0 aliphatic carbocycles. The molecule has 0 bridgehead atoms. The van der Waals surface area contributed by atoms with E-state index in [0.29, 0.717) is 23.2 Å². The molecule has 0 spiro atoms. The summed E-state index contributed by atoms with van der Waals surface area (Å²) in [7, 11) is 0. The molecule has 0 saturated carbocycles. The van der Waals surface area contributed by atoms with Crippen molar-refractivity contribution >= 4 is 23.7 Å². The third-order valence-electron chi connectivity index (χ3n) is 4.95. The number of ether oxygens (including phenoxy) is 2. The highest BCUT2D eigenvalue weighted by molar-refractivity contribution is 5.92. The fourth-order valence-corrected chi connectivity index (χ4v) is 2.87. The number of allylic oxidation sites excluding steroid dienone is 1. The Bertz CT molecular complexity index is 958. The van der Waals surface area contributed by atoms with Gasteiger partial charge in [0.15, 0.2) is 0 Å². The molecule has 0 radical (unpaired) electrons. The Kier molecular flexibility index (Phi) is 10.1. The summed E-state index contributed by atoms with van der Waals surface area (Å²) < 4.78 is 23.2. The second-order valence-electron chi connectivity index (χ2n) is 7.54. The van der Waals surface area contributed by atoms with E-state index in [1.165, 1.54) is 18.4 Å². The molecule has 0 aliphatic heterocycles. The van der Waals surface area contributed by atoms with Gasteiger partial charge in [-0.15, -0.1) is 0 Å². The molecule has 0 fully saturated rings. The number of rotatable bonds is 10. The molecular weight excluding hydrogens is 427 g/mol. The monoisotopic (exact) mass is 456 g/mol. The molecule has 176 valence electrons. The van der Waals surface area contributed by atoms with E-state index < -0.39 is 18.1 Å². The second-order valence-corrected chi connectivity index (χ2v) is 7.54. The van der Waals surface area contributed by atoms with Gasteiger partial charge in [0.2, 0.25) is 5.91 Å². The summed E-state index contributed by atoms with van der Waals surface area (Å²) in [6.45, 7) is 5.46. The summed E-state index contributed by atoms with van der Waals surface area (Å²) >= 11 is 0. The first kappa shape index (κ1) is 25.6. The summed E-state index contributed by atoms with van der Waals surface area (Å²) in [5, 5.41) is 5.32. The van der Waals surface area contributed by atoms with Crippen molar-refractivity contribution in [3.05, 3.63) is 77.8 Å². The molecule has 0 saturated heterocycles. The van der Waals surface area contributed by atoms with Crippen LogP contribution in [-0.2, 0) is 32.1 Å². The van der Waals surface area contributed by atoms with Crippen molar-refractivity contribution < 1.29 is 28.2 Å². The first-order valence-corrected chi connectivity index (χ1v) is 10.7. The van der Waals surface area contributed by atoms with E-state index in [4.69, 9.17) is 9.47 Å². The molecule has 0 aromatic heterocycles. The number of carbonyl (C=O) groups excluding carboxylic acids is 3. The molecule has 8 heteroatoms. The van der Waals surface area contributed by atoms with Crippen molar-refractivity contribution in [1.29, 1.82) is 0 Å². The summed E-state index contributed by atoms with van der Waals surface area (Å²) in [6, 6.07) is 11.7. The number of halogens is 1. The van der Waals surface area contributed by atoms with Gasteiger partial charge in [0.25, 0.3) is 0 Å². The number of hydrogen-bond donors (Lipinski definition) is 2. The maximum Gasteiger partial charge on any atom is 0.408 e. The zero-order chi connectivity index (χ0) is 24.2. The Morgan fingerprint density at radius 1 is 1.03 bits per heavy atom. The minimum Gasteiger partial charge on any atom is -0.445 e. The molecule has 2 N–H and O–H groups in total. The van der Waals surface area contributed by atoms with Crippen LogP contribution < -0.4 is 10.6 Å². The lowest BCUT2D eigenvalue weighted by molar-refractivity contribution is -0.141. The molecule has 0 aliphatic rings. The van der Waals surface area contributed by atoms with Crippen LogP contribution in [0.25, 0.3) is 0 Å². The molecule has 2 aromatic rings. The summed E-state index contributed by atoms with van der Waals surface area (Å²) in [4.78, 5) is 36.5. The summed E-state index contributed by atoms with van der Waals surface area (Å²) in [5.74, 6) is -1.27. The van der Waals surface area contributed by atoms with Crippen LogP contribution in [0.1, 0.15) is 38.3 Å². The average Bonchev–Trinajstić information content (AvgIpc) is 2.81. The van der Waals surface area contributed by atoms with E-state index in [-0.39, 0.29) is 30.7 Å². The highest BCUT2D eigenvalue weighted by atomic mass is 19.1. The second kappa shape index (κ2) is 13.0. The van der Waals surface area contributed by atoms with Gasteiger partial charge in [-0.2, -0.15) is 0 Å². The van der Waals surface area contributed by atoms with Crippen LogP contribution in [0.4, 0.5) is 14.9 Å². The fraction of sp³-hybridized carbons (Fsp3) is 0.320. The Hall–Kier alpha value is -3.68. The normalized spacial score (nSPS) is 12.6. The average molecular weight is 457 g/mol. The van der Waals surface area contributed by atoms with Gasteiger partial charge in [0, 0.05) is 5.69 Å². The van der Waals surface area contributed by atoms with Gasteiger partial charge in [-0.05, 0) is 48.2 Å². The molecule has 2 aromatic carbocycles. The van der Waals surface area contributed by atoms with Crippen LogP contribution in [-0.4, -0.2) is 24.0 Å². The largest absolute Gasteiger partial charge is 0.445 e. The molecular formula is C25H29FN2O5. The zero-order valence-electron chi connectivity index (χ0n) is 19.0. The van der Waals surface area contributed by atoms with Crippen LogP contribution in [0.3, 0.4) is 0 Å². The van der Waals surface area contributed by atoms with Crippen molar-refractivity contribution in [2.45, 2.75) is 46.3 Å². The minimum atomic E-state index is -0.822. The molecule has 7 nitrogen and oxygen atoms in total. The number of esters is 1. The molecule has 2 amide bonds. The predicted molar refractivity (Wildman–Crippen MR) is 123 cm³/mol. The van der Waals surface area contributed by atoms with Crippen LogP contribution in [0.2, 0.25) is 0 Å². The lowest BCUT2D eigenvalue weighted by atomic mass is 9.99. The third kappa shape index (κ3) is 8.76. The van der Waals surface area contributed by atoms with Crippen molar-refractivity contribution in [3.63, 3.8) is 0 Å². The number of amides is 2. The molecule has 0 heterocycles. The van der Waals surface area contributed by atoms with Crippen LogP contribution in [0, 0.1) is 11.7 Å². The van der Waals surface area contributed by atoms with Gasteiger partial charge >= 0.3 is 12.1 Å². The Labute approximate surface area is 193 Å². The standard InChI is InChI=1S/C25H29FN2O5/c1-4-14-32-24(30)23(17(3)5-2)28-25(31)33-16-19-8-12-21(13-9-19)27-22(29)15-18-6-10-20(26)11-7-18/h4,6-14,17,23H,5,15-16H2,1-3H3,(H,27,29)(H,28,31)/b14-4+/t17-,23?/m0/s1. The van der Waals surface area contributed by atoms with E-state index in [1.54, 1.807) is 49.4 Å². The quantitative estimate of drug-likeness (QED) is 0.398. The van der Waals surface area contributed by atoms with Crippen LogP contribution in [0.15, 0.2) is 60.9 Å². The zero-order valence-corrected chi connectivity index (χ0v) is 19.0. The fourth-order valence-electron chi connectivity index (χ4n) is 2.87. The van der Waals surface area contributed by atoms with Crippen molar-refractivity contribution in [2.24, 2.45) is 5.92 Å². The predicted octanol–water partition coefficient (Wildman–Crippen LogP) is 4.72. The Morgan fingerprint density at radius 2 is 1.67 bits per heavy atom. The van der Waals surface area contributed by atoms with Gasteiger partial charge < -0.3 is 20.1 Å². The van der Waals surface area contributed by atoms with Crippen LogP contribution in [0.5, 0.6) is 0 Å². The van der Waals surface area contributed by atoms with Crippen LogP contribution >= 0.6 is 0 Å². The molecule has 1 unspecified atom stereocenters. The van der Waals surface area contributed by atoms with Gasteiger partial charge in [0.05, 0.1) is 12.7 Å². The van der Waals surface area contributed by atoms with E-state index in [1.807, 2.05) is 13.8 Å². The first-order chi connectivity index (χ1) is 15.8. The lowest BCUT2D eigenvalue weighted by Crippen LogP contribution is -2.45. The maximum atomic E-state index is 13.0. The van der Waals surface area contributed by atoms with E-state index >= 15 is 0 Å². The highest BCUT2D eigenvalue weighted by Crippen LogP contribution is 2.13. The van der Waals surface area contributed by atoms with Crippen molar-refractivity contribution in [2.75, 3.05) is 5.32 Å². The summed E-state index contributed by atoms with van der Waals surface area (Å²) in [5.41, 5.74) is 1.99. The third-order valence-corrected chi connectivity index (χ3v) is 4.95. The SMILES string of the molecule is C/C=C/OC(=O)C(NC(=O)OCc1ccc(NC(=O)Cc2ccc(F)cc2)cc1)[C@@H](C)CC. The smallest absolute Gasteiger partial charge is 0.408 e. The summed E-state index contributed by atoms with van der Waals surface area (Å²) in [6.07, 6.45) is 2.92. The number of benzene rings is 2. The topological polar surface area (TPSA) is 93.7 Å². The van der Waals surface area contributed by atoms with Crippen molar-refractivity contribution in [3.8, 4) is 0 Å². The van der Waals surface area contributed by atoms with Crippen molar-refractivity contribution in [1.82, 2.24) is 5.32 Å². The van der Waals surface area contributed by atoms with Gasteiger partial charge in [-0.25, -0.2) is 14.0 Å². The Balaban J connectivity index is 1.84. The van der Waals surface area contributed by atoms with Gasteiger partial charge in [0.1, 0.15) is 18.5 Å². The first-order valence-electron chi connectivity index (χ1n) is 10.7. The Morgan fingerprint density at radius 3 is 2.27 bits per heavy atom. The van der Waals surface area contributed by atoms with E-state index in [0.717, 1.165) is 0 Å². The molecule has 33 heavy (non-hydrogen) atoms. The lowest BCUT2D eigenvalue weighted by Gasteiger charge is -2.21. The van der Waals surface area contributed by atoms with Gasteiger partial charge in [-0.3, -0.25) is 4.79 Å². The number of nitrogens with one attached hydrogen (secondary N) is 2. The number of anilines is 1. The molecule has 2 rings (SSSR count). The number of alkyl carbamates (subject to hydrolysis) is 1. The van der Waals surface area contributed by atoms with E-state index in [9.17, 15) is 18.8 Å².